The van der Waals surface area contributed by atoms with Gasteiger partial charge in [-0.15, -0.1) is 11.3 Å². The third-order valence-corrected chi connectivity index (χ3v) is 5.41. The zero-order valence-corrected chi connectivity index (χ0v) is 15.2. The Balaban J connectivity index is 1.38. The van der Waals surface area contributed by atoms with Gasteiger partial charge in [0, 0.05) is 41.8 Å². The minimum absolute atomic E-state index is 0.0268. The summed E-state index contributed by atoms with van der Waals surface area (Å²) in [5.74, 6) is 0.0268. The Bertz CT molecular complexity index is 733. The van der Waals surface area contributed by atoms with Crippen LogP contribution in [0.5, 0.6) is 0 Å². The van der Waals surface area contributed by atoms with Gasteiger partial charge in [-0.1, -0.05) is 6.07 Å². The third kappa shape index (κ3) is 4.80. The smallest absolute Gasteiger partial charge is 0.269 e. The van der Waals surface area contributed by atoms with Gasteiger partial charge in [-0.25, -0.2) is 0 Å². The maximum absolute atomic E-state index is 12.2. The second-order valence-corrected chi connectivity index (χ2v) is 7.20. The number of benzene rings is 1. The van der Waals surface area contributed by atoms with E-state index in [2.05, 4.69) is 33.0 Å². The lowest BCUT2D eigenvalue weighted by Gasteiger charge is -2.22. The van der Waals surface area contributed by atoms with Crippen molar-refractivity contribution in [1.82, 2.24) is 10.2 Å². The Hall–Kier alpha value is -2.45. The predicted octanol–water partition coefficient (Wildman–Crippen LogP) is 3.02. The first-order valence-electron chi connectivity index (χ1n) is 8.66. The van der Waals surface area contributed by atoms with Crippen molar-refractivity contribution >= 4 is 28.6 Å². The van der Waals surface area contributed by atoms with Crippen molar-refractivity contribution in [2.24, 2.45) is 0 Å². The predicted molar refractivity (Wildman–Crippen MR) is 102 cm³/mol. The van der Waals surface area contributed by atoms with Gasteiger partial charge in [-0.2, -0.15) is 0 Å². The summed E-state index contributed by atoms with van der Waals surface area (Å²) in [5, 5.41) is 18.8. The number of amides is 1. The van der Waals surface area contributed by atoms with Crippen LogP contribution in [0.2, 0.25) is 0 Å². The molecule has 8 heteroatoms. The Kier molecular flexibility index (Phi) is 6.19. The van der Waals surface area contributed by atoms with Gasteiger partial charge in [0.05, 0.1) is 11.5 Å². The fourth-order valence-electron chi connectivity index (χ4n) is 3.17. The molecule has 1 aromatic heterocycles. The quantitative estimate of drug-likeness (QED) is 0.421. The molecule has 0 saturated carbocycles. The van der Waals surface area contributed by atoms with Crippen molar-refractivity contribution in [3.8, 4) is 0 Å². The van der Waals surface area contributed by atoms with Gasteiger partial charge in [-0.05, 0) is 43.0 Å². The molecule has 7 nitrogen and oxygen atoms in total. The van der Waals surface area contributed by atoms with Crippen LogP contribution in [0.25, 0.3) is 0 Å². The molecule has 1 aromatic carbocycles. The van der Waals surface area contributed by atoms with Crippen LogP contribution in [0.4, 0.5) is 11.4 Å². The average Bonchev–Trinajstić information content (AvgIpc) is 3.30. The van der Waals surface area contributed by atoms with E-state index in [1.165, 1.54) is 17.0 Å². The van der Waals surface area contributed by atoms with Crippen LogP contribution in [0.3, 0.4) is 0 Å². The topological polar surface area (TPSA) is 87.5 Å². The number of rotatable bonds is 8. The standard InChI is InChI=1S/C18H22N4O3S/c23-18(13-21-11-1-3-16(21)17-4-2-12-26-17)20-10-9-19-14-5-7-15(8-6-14)22(24)25/h2,4-8,12,16,19H,1,3,9-11,13H2,(H,20,23)/t16-/m1/s1. The number of nitro benzene ring substituents is 1. The second kappa shape index (κ2) is 8.77. The van der Waals surface area contributed by atoms with Crippen molar-refractivity contribution in [2.45, 2.75) is 18.9 Å². The largest absolute Gasteiger partial charge is 0.383 e. The molecule has 0 spiro atoms. The highest BCUT2D eigenvalue weighted by molar-refractivity contribution is 7.10. The van der Waals surface area contributed by atoms with Crippen LogP contribution in [-0.2, 0) is 4.79 Å². The van der Waals surface area contributed by atoms with Crippen molar-refractivity contribution in [3.05, 3.63) is 56.8 Å². The molecule has 1 atom stereocenters. The minimum Gasteiger partial charge on any atom is -0.383 e. The maximum atomic E-state index is 12.2. The van der Waals surface area contributed by atoms with Gasteiger partial charge in [0.15, 0.2) is 0 Å². The molecule has 0 radical (unpaired) electrons. The fraction of sp³-hybridized carbons (Fsp3) is 0.389. The number of anilines is 1. The summed E-state index contributed by atoms with van der Waals surface area (Å²) in [7, 11) is 0. The van der Waals surface area contributed by atoms with Gasteiger partial charge < -0.3 is 10.6 Å². The number of nitrogens with zero attached hydrogens (tertiary/aromatic N) is 2. The summed E-state index contributed by atoms with van der Waals surface area (Å²) in [5.41, 5.74) is 0.858. The molecular weight excluding hydrogens is 352 g/mol. The first-order valence-corrected chi connectivity index (χ1v) is 9.54. The minimum atomic E-state index is -0.425. The number of likely N-dealkylation sites (tertiary alicyclic amines) is 1. The summed E-state index contributed by atoms with van der Waals surface area (Å²) >= 11 is 1.75. The molecule has 26 heavy (non-hydrogen) atoms. The van der Waals surface area contributed by atoms with Gasteiger partial charge >= 0.3 is 0 Å². The molecule has 2 N–H and O–H groups in total. The molecular formula is C18H22N4O3S. The number of nitrogens with one attached hydrogen (secondary N) is 2. The van der Waals surface area contributed by atoms with E-state index in [1.807, 2.05) is 0 Å². The number of carbonyl (C=O) groups excluding carboxylic acids is 1. The van der Waals surface area contributed by atoms with E-state index in [9.17, 15) is 14.9 Å². The summed E-state index contributed by atoms with van der Waals surface area (Å²) in [6, 6.07) is 10.8. The molecule has 0 bridgehead atoms. The molecule has 1 aliphatic rings. The molecule has 1 saturated heterocycles. The van der Waals surface area contributed by atoms with Crippen LogP contribution < -0.4 is 10.6 Å². The van der Waals surface area contributed by atoms with E-state index in [1.54, 1.807) is 23.5 Å². The Labute approximate surface area is 156 Å². The summed E-state index contributed by atoms with van der Waals surface area (Å²) in [4.78, 5) is 26.0. The van der Waals surface area contributed by atoms with Crippen molar-refractivity contribution < 1.29 is 9.72 Å². The Morgan fingerprint density at radius 3 is 2.77 bits per heavy atom. The lowest BCUT2D eigenvalue weighted by Crippen LogP contribution is -2.38. The van der Waals surface area contributed by atoms with Gasteiger partial charge in [0.2, 0.25) is 5.91 Å². The molecule has 0 unspecified atom stereocenters. The van der Waals surface area contributed by atoms with Gasteiger partial charge in [-0.3, -0.25) is 19.8 Å². The molecule has 1 amide bonds. The number of carbonyl (C=O) groups is 1. The van der Waals surface area contributed by atoms with Crippen molar-refractivity contribution in [2.75, 3.05) is 31.5 Å². The van der Waals surface area contributed by atoms with Crippen molar-refractivity contribution in [1.29, 1.82) is 0 Å². The lowest BCUT2D eigenvalue weighted by molar-refractivity contribution is -0.384. The van der Waals surface area contributed by atoms with Crippen LogP contribution in [-0.4, -0.2) is 41.9 Å². The van der Waals surface area contributed by atoms with E-state index >= 15 is 0 Å². The number of thiophene rings is 1. The number of nitro groups is 1. The molecule has 138 valence electrons. The zero-order valence-electron chi connectivity index (χ0n) is 14.4. The first-order chi connectivity index (χ1) is 12.6. The van der Waals surface area contributed by atoms with E-state index in [4.69, 9.17) is 0 Å². The zero-order chi connectivity index (χ0) is 18.4. The molecule has 1 fully saturated rings. The molecule has 2 aromatic rings. The Morgan fingerprint density at radius 1 is 1.27 bits per heavy atom. The fourth-order valence-corrected chi connectivity index (χ4v) is 4.06. The summed E-state index contributed by atoms with van der Waals surface area (Å²) < 4.78 is 0. The van der Waals surface area contributed by atoms with Crippen LogP contribution in [0, 0.1) is 10.1 Å². The van der Waals surface area contributed by atoms with Gasteiger partial charge in [0.25, 0.3) is 5.69 Å². The van der Waals surface area contributed by atoms with Crippen LogP contribution in [0.1, 0.15) is 23.8 Å². The molecule has 1 aliphatic heterocycles. The summed E-state index contributed by atoms with van der Waals surface area (Å²) in [6.07, 6.45) is 2.23. The summed E-state index contributed by atoms with van der Waals surface area (Å²) in [6.45, 7) is 2.45. The molecule has 0 aliphatic carbocycles. The molecule has 2 heterocycles. The van der Waals surface area contributed by atoms with Gasteiger partial charge in [0.1, 0.15) is 0 Å². The monoisotopic (exact) mass is 374 g/mol. The maximum Gasteiger partial charge on any atom is 0.269 e. The van der Waals surface area contributed by atoms with E-state index in [0.717, 1.165) is 25.1 Å². The van der Waals surface area contributed by atoms with Crippen LogP contribution >= 0.6 is 11.3 Å². The first kappa shape index (κ1) is 18.3. The Morgan fingerprint density at radius 2 is 2.08 bits per heavy atom. The molecule has 3 rings (SSSR count). The van der Waals surface area contributed by atoms with E-state index < -0.39 is 4.92 Å². The highest BCUT2D eigenvalue weighted by Crippen LogP contribution is 2.33. The average molecular weight is 374 g/mol. The van der Waals surface area contributed by atoms with Crippen molar-refractivity contribution in [3.63, 3.8) is 0 Å². The van der Waals surface area contributed by atoms with E-state index in [0.29, 0.717) is 25.7 Å². The number of hydrogen-bond acceptors (Lipinski definition) is 6. The lowest BCUT2D eigenvalue weighted by atomic mass is 10.2. The highest BCUT2D eigenvalue weighted by atomic mass is 32.1. The second-order valence-electron chi connectivity index (χ2n) is 6.22. The van der Waals surface area contributed by atoms with Crippen LogP contribution in [0.15, 0.2) is 41.8 Å². The number of non-ortho nitro benzene ring substituents is 1. The number of hydrogen-bond donors (Lipinski definition) is 2. The SMILES string of the molecule is O=C(CN1CCC[C@@H]1c1cccs1)NCCNc1ccc([N+](=O)[O-])cc1. The normalized spacial score (nSPS) is 17.2. The van der Waals surface area contributed by atoms with E-state index in [-0.39, 0.29) is 11.6 Å². The third-order valence-electron chi connectivity index (χ3n) is 4.44. The highest BCUT2D eigenvalue weighted by Gasteiger charge is 2.27.